The van der Waals surface area contributed by atoms with Gasteiger partial charge in [-0.3, -0.25) is 9.59 Å². The number of carbonyl (C=O) groups is 2. The van der Waals surface area contributed by atoms with Crippen molar-refractivity contribution >= 4 is 23.7 Å². The minimum Gasteiger partial charge on any atom is -0.494 e. The number of ether oxygens (including phenoxy) is 2. The number of carbonyl (C=O) groups excluding carboxylic acids is 2. The number of nitrogens with zero attached hydrogens (tertiary/aromatic N) is 1. The van der Waals surface area contributed by atoms with Crippen molar-refractivity contribution in [1.82, 2.24) is 5.43 Å². The van der Waals surface area contributed by atoms with Crippen molar-refractivity contribution in [1.29, 1.82) is 0 Å². The number of nitrogens with one attached hydrogen (secondary N) is 2. The Labute approximate surface area is 164 Å². The maximum atomic E-state index is 12.1. The summed E-state index contributed by atoms with van der Waals surface area (Å²) in [6, 6.07) is 12.6. The molecule has 2 aromatic rings. The fourth-order valence-corrected chi connectivity index (χ4v) is 2.50. The molecule has 148 valence electrons. The summed E-state index contributed by atoms with van der Waals surface area (Å²) in [5.74, 6) is -0.380. The molecule has 0 heterocycles. The maximum Gasteiger partial charge on any atom is 0.329 e. The molecular weight excluding hydrogens is 358 g/mol. The van der Waals surface area contributed by atoms with E-state index in [4.69, 9.17) is 9.47 Å². The third kappa shape index (κ3) is 5.84. The zero-order valence-electron chi connectivity index (χ0n) is 16.3. The summed E-state index contributed by atoms with van der Waals surface area (Å²) in [5.41, 5.74) is 4.44. The second kappa shape index (κ2) is 10.7. The van der Waals surface area contributed by atoms with Crippen LogP contribution in [0.2, 0.25) is 0 Å². The van der Waals surface area contributed by atoms with Crippen molar-refractivity contribution < 1.29 is 19.1 Å². The number of rotatable bonds is 8. The first kappa shape index (κ1) is 21.0. The maximum absolute atomic E-state index is 12.1. The fraction of sp³-hybridized carbons (Fsp3) is 0.286. The molecule has 0 saturated carbocycles. The molecule has 0 atom stereocenters. The van der Waals surface area contributed by atoms with Gasteiger partial charge in [-0.15, -0.1) is 0 Å². The van der Waals surface area contributed by atoms with Gasteiger partial charge in [0.25, 0.3) is 0 Å². The van der Waals surface area contributed by atoms with Crippen LogP contribution in [0.5, 0.6) is 11.5 Å². The average Bonchev–Trinajstić information content (AvgIpc) is 2.70. The van der Waals surface area contributed by atoms with Crippen LogP contribution in [-0.2, 0) is 16.0 Å². The second-order valence-corrected chi connectivity index (χ2v) is 5.73. The minimum absolute atomic E-state index is 0.474. The van der Waals surface area contributed by atoms with Gasteiger partial charge in [-0.2, -0.15) is 5.10 Å². The Hall–Kier alpha value is -3.35. The number of hydrazone groups is 1. The monoisotopic (exact) mass is 383 g/mol. The zero-order chi connectivity index (χ0) is 20.4. The van der Waals surface area contributed by atoms with E-state index in [2.05, 4.69) is 15.8 Å². The Morgan fingerprint density at radius 2 is 1.75 bits per heavy atom. The van der Waals surface area contributed by atoms with Crippen LogP contribution in [0.4, 0.5) is 5.69 Å². The second-order valence-electron chi connectivity index (χ2n) is 5.73. The molecule has 0 aliphatic rings. The van der Waals surface area contributed by atoms with Crippen LogP contribution >= 0.6 is 0 Å². The lowest BCUT2D eigenvalue weighted by atomic mass is 10.1. The summed E-state index contributed by atoms with van der Waals surface area (Å²) < 4.78 is 11.0. The van der Waals surface area contributed by atoms with E-state index in [0.717, 1.165) is 12.0 Å². The number of amides is 2. The van der Waals surface area contributed by atoms with Crippen molar-refractivity contribution in [3.63, 3.8) is 0 Å². The van der Waals surface area contributed by atoms with Gasteiger partial charge in [-0.25, -0.2) is 5.43 Å². The van der Waals surface area contributed by atoms with Gasteiger partial charge < -0.3 is 14.8 Å². The third-order valence-corrected chi connectivity index (χ3v) is 3.82. The normalized spacial score (nSPS) is 10.5. The van der Waals surface area contributed by atoms with Gasteiger partial charge in [0, 0.05) is 17.3 Å². The van der Waals surface area contributed by atoms with E-state index < -0.39 is 11.8 Å². The molecule has 2 N–H and O–H groups in total. The molecular formula is C21H25N3O4. The highest BCUT2D eigenvalue weighted by atomic mass is 16.5. The quantitative estimate of drug-likeness (QED) is 0.416. The smallest absolute Gasteiger partial charge is 0.329 e. The number of hydrogen-bond donors (Lipinski definition) is 2. The van der Waals surface area contributed by atoms with Crippen LogP contribution in [0.25, 0.3) is 0 Å². The topological polar surface area (TPSA) is 89.0 Å². The Kier molecular flexibility index (Phi) is 8.02. The standard InChI is InChI=1S/C21H25N3O4/c1-4-15-9-7-8-10-18(15)23-20(25)21(26)24-22-14-16-11-12-17(27-5-2)13-19(16)28-6-3/h7-14H,4-6H2,1-3H3,(H,23,25)(H,24,26)/b22-14-. The lowest BCUT2D eigenvalue weighted by Gasteiger charge is -2.10. The third-order valence-electron chi connectivity index (χ3n) is 3.82. The van der Waals surface area contributed by atoms with E-state index in [1.807, 2.05) is 32.9 Å². The molecule has 0 unspecified atom stereocenters. The molecule has 2 amide bonds. The van der Waals surface area contributed by atoms with E-state index in [1.165, 1.54) is 6.21 Å². The number of benzene rings is 2. The molecule has 7 nitrogen and oxygen atoms in total. The summed E-state index contributed by atoms with van der Waals surface area (Å²) in [4.78, 5) is 24.1. The Balaban J connectivity index is 2.01. The summed E-state index contributed by atoms with van der Waals surface area (Å²) in [6.45, 7) is 6.76. The van der Waals surface area contributed by atoms with Gasteiger partial charge in [0.1, 0.15) is 11.5 Å². The highest BCUT2D eigenvalue weighted by molar-refractivity contribution is 6.39. The first-order valence-electron chi connectivity index (χ1n) is 9.20. The first-order valence-corrected chi connectivity index (χ1v) is 9.20. The Morgan fingerprint density at radius 1 is 1.00 bits per heavy atom. The highest BCUT2D eigenvalue weighted by Crippen LogP contribution is 2.24. The predicted molar refractivity (Wildman–Crippen MR) is 109 cm³/mol. The van der Waals surface area contributed by atoms with Crippen LogP contribution in [0.1, 0.15) is 31.9 Å². The molecule has 0 aliphatic carbocycles. The molecule has 0 bridgehead atoms. The van der Waals surface area contributed by atoms with E-state index >= 15 is 0 Å². The van der Waals surface area contributed by atoms with Gasteiger partial charge in [0.2, 0.25) is 0 Å². The van der Waals surface area contributed by atoms with E-state index in [0.29, 0.717) is 36.0 Å². The molecule has 28 heavy (non-hydrogen) atoms. The summed E-state index contributed by atoms with van der Waals surface area (Å²) in [5, 5.41) is 6.46. The SMILES string of the molecule is CCOc1ccc(/C=N\NC(=O)C(=O)Nc2ccccc2CC)c(OCC)c1. The van der Waals surface area contributed by atoms with Crippen LogP contribution in [0.3, 0.4) is 0 Å². The van der Waals surface area contributed by atoms with Crippen LogP contribution < -0.4 is 20.2 Å². The lowest BCUT2D eigenvalue weighted by Crippen LogP contribution is -2.32. The summed E-state index contributed by atoms with van der Waals surface area (Å²) in [7, 11) is 0. The van der Waals surface area contributed by atoms with Crippen molar-refractivity contribution in [2.24, 2.45) is 5.10 Å². The molecule has 2 aromatic carbocycles. The predicted octanol–water partition coefficient (Wildman–Crippen LogP) is 3.14. The molecule has 0 spiro atoms. The largest absolute Gasteiger partial charge is 0.494 e. The van der Waals surface area contributed by atoms with Gasteiger partial charge in [-0.05, 0) is 44.0 Å². The fourth-order valence-electron chi connectivity index (χ4n) is 2.50. The van der Waals surface area contributed by atoms with Crippen LogP contribution in [0.15, 0.2) is 47.6 Å². The molecule has 2 rings (SSSR count). The molecule has 7 heteroatoms. The molecule has 0 aromatic heterocycles. The molecule has 0 fully saturated rings. The van der Waals surface area contributed by atoms with Crippen molar-refractivity contribution in [2.75, 3.05) is 18.5 Å². The van der Waals surface area contributed by atoms with Gasteiger partial charge in [0.15, 0.2) is 0 Å². The number of anilines is 1. The minimum atomic E-state index is -0.856. The summed E-state index contributed by atoms with van der Waals surface area (Å²) >= 11 is 0. The number of para-hydroxylation sites is 1. The zero-order valence-corrected chi connectivity index (χ0v) is 16.3. The van der Waals surface area contributed by atoms with Crippen LogP contribution in [0, 0.1) is 0 Å². The van der Waals surface area contributed by atoms with Crippen LogP contribution in [-0.4, -0.2) is 31.2 Å². The van der Waals surface area contributed by atoms with Gasteiger partial charge in [0.05, 0.1) is 19.4 Å². The van der Waals surface area contributed by atoms with Gasteiger partial charge in [-0.1, -0.05) is 25.1 Å². The lowest BCUT2D eigenvalue weighted by molar-refractivity contribution is -0.136. The Morgan fingerprint density at radius 3 is 2.46 bits per heavy atom. The van der Waals surface area contributed by atoms with Crippen molar-refractivity contribution in [3.05, 3.63) is 53.6 Å². The van der Waals surface area contributed by atoms with E-state index in [-0.39, 0.29) is 0 Å². The number of hydrogen-bond acceptors (Lipinski definition) is 5. The van der Waals surface area contributed by atoms with Crippen molar-refractivity contribution in [3.8, 4) is 11.5 Å². The number of aryl methyl sites for hydroxylation is 1. The molecule has 0 aliphatic heterocycles. The first-order chi connectivity index (χ1) is 13.6. The molecule has 0 radical (unpaired) electrons. The van der Waals surface area contributed by atoms with E-state index in [1.54, 1.807) is 30.3 Å². The summed E-state index contributed by atoms with van der Waals surface area (Å²) in [6.07, 6.45) is 2.17. The average molecular weight is 383 g/mol. The van der Waals surface area contributed by atoms with E-state index in [9.17, 15) is 9.59 Å². The molecule has 0 saturated heterocycles. The highest BCUT2D eigenvalue weighted by Gasteiger charge is 2.14. The van der Waals surface area contributed by atoms with Gasteiger partial charge >= 0.3 is 11.8 Å². The Bertz CT molecular complexity index is 849. The van der Waals surface area contributed by atoms with Crippen molar-refractivity contribution in [2.45, 2.75) is 27.2 Å².